The summed E-state index contributed by atoms with van der Waals surface area (Å²) in [4.78, 5) is 25.5. The van der Waals surface area contributed by atoms with Gasteiger partial charge in [-0.3, -0.25) is 4.79 Å². The maximum Gasteiger partial charge on any atom is 0.256 e. The summed E-state index contributed by atoms with van der Waals surface area (Å²) in [5, 5.41) is 11.0. The molecule has 2 saturated heterocycles. The van der Waals surface area contributed by atoms with Gasteiger partial charge in [-0.05, 0) is 39.0 Å². The molecule has 3 heterocycles. The van der Waals surface area contributed by atoms with Crippen LogP contribution in [0.3, 0.4) is 0 Å². The average molecular weight is 318 g/mol. The van der Waals surface area contributed by atoms with Crippen molar-refractivity contribution in [3.8, 4) is 0 Å². The third-order valence-corrected chi connectivity index (χ3v) is 4.83. The van der Waals surface area contributed by atoms with Crippen LogP contribution in [0.15, 0.2) is 6.07 Å². The van der Waals surface area contributed by atoms with Crippen LogP contribution < -0.4 is 4.90 Å². The molecule has 0 radical (unpaired) electrons. The van der Waals surface area contributed by atoms with Crippen molar-refractivity contribution in [2.75, 3.05) is 31.1 Å². The molecule has 0 spiro atoms. The normalized spacial score (nSPS) is 25.0. The van der Waals surface area contributed by atoms with E-state index in [9.17, 15) is 9.90 Å². The third kappa shape index (κ3) is 3.32. The lowest BCUT2D eigenvalue weighted by molar-refractivity contribution is -0.151. The fourth-order valence-corrected chi connectivity index (χ4v) is 3.58. The van der Waals surface area contributed by atoms with Crippen LogP contribution in [0.5, 0.6) is 0 Å². The Bertz CT molecular complexity index is 586. The fraction of sp³-hybridized carbons (Fsp3) is 0.706. The molecule has 2 fully saturated rings. The lowest BCUT2D eigenvalue weighted by atomic mass is 9.91. The van der Waals surface area contributed by atoms with Gasteiger partial charge in [-0.15, -0.1) is 0 Å². The van der Waals surface area contributed by atoms with E-state index in [1.54, 1.807) is 0 Å². The predicted octanol–water partition coefficient (Wildman–Crippen LogP) is 1.30. The molecule has 0 bridgehead atoms. The first-order valence-corrected chi connectivity index (χ1v) is 8.63. The van der Waals surface area contributed by atoms with E-state index in [2.05, 4.69) is 16.9 Å². The first kappa shape index (κ1) is 16.2. The van der Waals surface area contributed by atoms with Gasteiger partial charge in [-0.25, -0.2) is 9.97 Å². The van der Waals surface area contributed by atoms with Crippen molar-refractivity contribution in [1.82, 2.24) is 14.9 Å². The van der Waals surface area contributed by atoms with Crippen molar-refractivity contribution >= 4 is 11.7 Å². The number of aromatic nitrogens is 2. The number of hydrogen-bond donors (Lipinski definition) is 1. The molecule has 1 N–H and O–H groups in total. The molecule has 1 atom stereocenters. The minimum atomic E-state index is -1.28. The number of aliphatic hydroxyl groups is 1. The van der Waals surface area contributed by atoms with Gasteiger partial charge in [0.05, 0.1) is 6.54 Å². The average Bonchev–Trinajstić information content (AvgIpc) is 3.08. The molecule has 1 amide bonds. The summed E-state index contributed by atoms with van der Waals surface area (Å²) in [6, 6.07) is 1.97. The number of carbonyl (C=O) groups excluding carboxylic acids is 1. The standard InChI is InChI=1S/C17H26N4O2/c1-3-14-11-15(19-13(2)18-14)21-10-6-7-17(23,12-21)16(22)20-8-4-5-9-20/h11,23H,3-10,12H2,1-2H3. The van der Waals surface area contributed by atoms with E-state index in [4.69, 9.17) is 0 Å². The van der Waals surface area contributed by atoms with Crippen LogP contribution in [0.25, 0.3) is 0 Å². The SMILES string of the molecule is CCc1cc(N2CCCC(O)(C(=O)N3CCCC3)C2)nc(C)n1. The topological polar surface area (TPSA) is 69.6 Å². The van der Waals surface area contributed by atoms with Crippen LogP contribution in [0.1, 0.15) is 44.1 Å². The van der Waals surface area contributed by atoms with E-state index < -0.39 is 5.60 Å². The van der Waals surface area contributed by atoms with Gasteiger partial charge >= 0.3 is 0 Å². The second-order valence-electron chi connectivity index (χ2n) is 6.67. The molecule has 6 nitrogen and oxygen atoms in total. The number of nitrogens with zero attached hydrogens (tertiary/aromatic N) is 4. The summed E-state index contributed by atoms with van der Waals surface area (Å²) in [7, 11) is 0. The minimum Gasteiger partial charge on any atom is -0.378 e. The number of rotatable bonds is 3. The van der Waals surface area contributed by atoms with E-state index in [-0.39, 0.29) is 5.91 Å². The summed E-state index contributed by atoms with van der Waals surface area (Å²) in [5.74, 6) is 1.45. The smallest absolute Gasteiger partial charge is 0.256 e. The number of piperidine rings is 1. The molecule has 126 valence electrons. The van der Waals surface area contributed by atoms with Crippen LogP contribution in [0.4, 0.5) is 5.82 Å². The second kappa shape index (κ2) is 6.43. The van der Waals surface area contributed by atoms with Gasteiger partial charge in [0.25, 0.3) is 5.91 Å². The fourth-order valence-electron chi connectivity index (χ4n) is 3.58. The summed E-state index contributed by atoms with van der Waals surface area (Å²) >= 11 is 0. The number of β-amino-alcohol motifs (C(OH)–C–C–N with tert-alkyl or cyclic N) is 1. The van der Waals surface area contributed by atoms with Gasteiger partial charge in [0.15, 0.2) is 5.60 Å². The molecule has 23 heavy (non-hydrogen) atoms. The Morgan fingerprint density at radius 1 is 1.26 bits per heavy atom. The molecular weight excluding hydrogens is 292 g/mol. The van der Waals surface area contributed by atoms with E-state index in [1.807, 2.05) is 22.8 Å². The van der Waals surface area contributed by atoms with Crippen molar-refractivity contribution in [2.24, 2.45) is 0 Å². The Labute approximate surface area is 137 Å². The van der Waals surface area contributed by atoms with Crippen LogP contribution in [0, 0.1) is 6.92 Å². The van der Waals surface area contributed by atoms with Crippen molar-refractivity contribution in [2.45, 2.75) is 51.6 Å². The first-order chi connectivity index (χ1) is 11.0. The van der Waals surface area contributed by atoms with E-state index in [0.717, 1.165) is 62.7 Å². The van der Waals surface area contributed by atoms with Gasteiger partial charge in [0.1, 0.15) is 11.6 Å². The molecule has 3 rings (SSSR count). The molecule has 1 aromatic rings. The molecule has 1 unspecified atom stereocenters. The molecule has 1 aromatic heterocycles. The Balaban J connectivity index is 1.79. The van der Waals surface area contributed by atoms with Crippen molar-refractivity contribution in [3.63, 3.8) is 0 Å². The van der Waals surface area contributed by atoms with Gasteiger partial charge in [-0.1, -0.05) is 6.92 Å². The Hall–Kier alpha value is -1.69. The molecule has 6 heteroatoms. The second-order valence-corrected chi connectivity index (χ2v) is 6.67. The van der Waals surface area contributed by atoms with Crippen LogP contribution in [0.2, 0.25) is 0 Å². The van der Waals surface area contributed by atoms with Gasteiger partial charge < -0.3 is 14.9 Å². The maximum atomic E-state index is 12.7. The number of hydrogen-bond acceptors (Lipinski definition) is 5. The summed E-state index contributed by atoms with van der Waals surface area (Å²) in [5.41, 5.74) is -0.291. The zero-order chi connectivity index (χ0) is 16.4. The van der Waals surface area contributed by atoms with Gasteiger partial charge in [-0.2, -0.15) is 0 Å². The molecule has 2 aliphatic rings. The number of anilines is 1. The molecule has 0 aromatic carbocycles. The lowest BCUT2D eigenvalue weighted by Crippen LogP contribution is -2.58. The zero-order valence-electron chi connectivity index (χ0n) is 14.1. The predicted molar refractivity (Wildman–Crippen MR) is 88.4 cm³/mol. The van der Waals surface area contributed by atoms with Crippen LogP contribution >= 0.6 is 0 Å². The Kier molecular flexibility index (Phi) is 4.53. The molecular formula is C17H26N4O2. The molecule has 0 aliphatic carbocycles. The summed E-state index contributed by atoms with van der Waals surface area (Å²) in [6.45, 7) is 6.63. The quantitative estimate of drug-likeness (QED) is 0.910. The van der Waals surface area contributed by atoms with Crippen molar-refractivity contribution < 1.29 is 9.90 Å². The minimum absolute atomic E-state index is 0.110. The monoisotopic (exact) mass is 318 g/mol. The van der Waals surface area contributed by atoms with Crippen LogP contribution in [-0.4, -0.2) is 57.7 Å². The number of aryl methyl sites for hydroxylation is 2. The third-order valence-electron chi connectivity index (χ3n) is 4.83. The summed E-state index contributed by atoms with van der Waals surface area (Å²) in [6.07, 6.45) is 4.25. The first-order valence-electron chi connectivity index (χ1n) is 8.63. The van der Waals surface area contributed by atoms with Gasteiger partial charge in [0, 0.05) is 31.4 Å². The summed E-state index contributed by atoms with van der Waals surface area (Å²) < 4.78 is 0. The van der Waals surface area contributed by atoms with Crippen molar-refractivity contribution in [1.29, 1.82) is 0 Å². The number of likely N-dealkylation sites (tertiary alicyclic amines) is 1. The highest BCUT2D eigenvalue weighted by molar-refractivity contribution is 5.86. The zero-order valence-corrected chi connectivity index (χ0v) is 14.1. The van der Waals surface area contributed by atoms with E-state index in [1.165, 1.54) is 0 Å². The lowest BCUT2D eigenvalue weighted by Gasteiger charge is -2.40. The van der Waals surface area contributed by atoms with E-state index in [0.29, 0.717) is 13.0 Å². The molecule has 0 saturated carbocycles. The number of carbonyl (C=O) groups is 1. The Morgan fingerprint density at radius 3 is 2.70 bits per heavy atom. The highest BCUT2D eigenvalue weighted by atomic mass is 16.3. The van der Waals surface area contributed by atoms with Crippen LogP contribution in [-0.2, 0) is 11.2 Å². The Morgan fingerprint density at radius 2 is 2.00 bits per heavy atom. The molecule has 2 aliphatic heterocycles. The van der Waals surface area contributed by atoms with E-state index >= 15 is 0 Å². The maximum absolute atomic E-state index is 12.7. The van der Waals surface area contributed by atoms with Gasteiger partial charge in [0.2, 0.25) is 0 Å². The highest BCUT2D eigenvalue weighted by Gasteiger charge is 2.43. The largest absolute Gasteiger partial charge is 0.378 e. The van der Waals surface area contributed by atoms with Crippen molar-refractivity contribution in [3.05, 3.63) is 17.6 Å². The number of amides is 1. The highest BCUT2D eigenvalue weighted by Crippen LogP contribution is 2.28.